The lowest BCUT2D eigenvalue weighted by Crippen LogP contribution is -2.17. The first-order valence-electron chi connectivity index (χ1n) is 9.18. The maximum atomic E-state index is 13.2. The molecule has 0 saturated heterocycles. The van der Waals surface area contributed by atoms with Crippen LogP contribution in [0.5, 0.6) is 0 Å². The number of hydrogen-bond acceptors (Lipinski definition) is 4. The van der Waals surface area contributed by atoms with Crippen LogP contribution in [-0.4, -0.2) is 11.8 Å². The van der Waals surface area contributed by atoms with E-state index in [1.54, 1.807) is 23.6 Å². The number of aryl methyl sites for hydroxylation is 1. The van der Waals surface area contributed by atoms with Gasteiger partial charge in [0.05, 0.1) is 11.1 Å². The predicted octanol–water partition coefficient (Wildman–Crippen LogP) is 7.11. The minimum Gasteiger partial charge on any atom is -0.365 e. The molecule has 4 aromatic rings. The molecule has 3 N–H and O–H groups in total. The van der Waals surface area contributed by atoms with Crippen molar-refractivity contribution in [3.63, 3.8) is 0 Å². The van der Waals surface area contributed by atoms with Crippen molar-refractivity contribution in [2.45, 2.75) is 6.92 Å². The van der Waals surface area contributed by atoms with E-state index in [0.29, 0.717) is 31.7 Å². The molecule has 4 rings (SSSR count). The van der Waals surface area contributed by atoms with Gasteiger partial charge in [-0.2, -0.15) is 0 Å². The summed E-state index contributed by atoms with van der Waals surface area (Å²) in [4.78, 5) is 26.5. The maximum absolute atomic E-state index is 13.2. The Balaban J connectivity index is 1.72. The van der Waals surface area contributed by atoms with E-state index in [0.717, 1.165) is 16.0 Å². The molecule has 0 aliphatic rings. The Morgan fingerprint density at radius 2 is 1.71 bits per heavy atom. The van der Waals surface area contributed by atoms with E-state index in [9.17, 15) is 9.59 Å². The number of hydrogen-bond donors (Lipinski definition) is 2. The van der Waals surface area contributed by atoms with Crippen LogP contribution >= 0.6 is 45.9 Å². The lowest BCUT2D eigenvalue weighted by molar-refractivity contribution is 0.100. The van der Waals surface area contributed by atoms with E-state index < -0.39 is 5.91 Å². The van der Waals surface area contributed by atoms with Crippen LogP contribution in [-0.2, 0) is 0 Å². The lowest BCUT2D eigenvalue weighted by atomic mass is 10.0. The SMILES string of the molecule is Cc1scc(C(=O)Nc2scc(-c3ccc(Cl)cc3Cl)c2C(N)=O)c1-c1ccccc1. The molecule has 31 heavy (non-hydrogen) atoms. The highest BCUT2D eigenvalue weighted by atomic mass is 35.5. The second-order valence-electron chi connectivity index (χ2n) is 6.74. The topological polar surface area (TPSA) is 72.2 Å². The smallest absolute Gasteiger partial charge is 0.257 e. The number of nitrogens with two attached hydrogens (primary N) is 1. The molecule has 0 aliphatic heterocycles. The van der Waals surface area contributed by atoms with E-state index in [-0.39, 0.29) is 11.5 Å². The molecular weight excluding hydrogens is 471 g/mol. The molecule has 0 spiro atoms. The molecule has 2 aromatic heterocycles. The summed E-state index contributed by atoms with van der Waals surface area (Å²) >= 11 is 15.0. The molecule has 156 valence electrons. The number of amides is 2. The predicted molar refractivity (Wildman–Crippen MR) is 131 cm³/mol. The van der Waals surface area contributed by atoms with E-state index in [1.807, 2.05) is 42.6 Å². The summed E-state index contributed by atoms with van der Waals surface area (Å²) in [5.41, 5.74) is 9.44. The number of thiophene rings is 2. The molecule has 0 unspecified atom stereocenters. The summed E-state index contributed by atoms with van der Waals surface area (Å²) in [6, 6.07) is 14.7. The Kier molecular flexibility index (Phi) is 6.16. The largest absolute Gasteiger partial charge is 0.365 e. The summed E-state index contributed by atoms with van der Waals surface area (Å²) < 4.78 is 0. The van der Waals surface area contributed by atoms with Gasteiger partial charge < -0.3 is 11.1 Å². The van der Waals surface area contributed by atoms with E-state index in [2.05, 4.69) is 5.32 Å². The van der Waals surface area contributed by atoms with Gasteiger partial charge in [-0.25, -0.2) is 0 Å². The van der Waals surface area contributed by atoms with Crippen molar-refractivity contribution in [3.05, 3.63) is 85.3 Å². The molecule has 0 radical (unpaired) electrons. The number of rotatable bonds is 5. The first-order valence-corrected chi connectivity index (χ1v) is 11.7. The van der Waals surface area contributed by atoms with Gasteiger partial charge >= 0.3 is 0 Å². The Morgan fingerprint density at radius 1 is 0.968 bits per heavy atom. The van der Waals surface area contributed by atoms with Crippen molar-refractivity contribution in [1.82, 2.24) is 0 Å². The van der Waals surface area contributed by atoms with E-state index in [4.69, 9.17) is 28.9 Å². The zero-order valence-electron chi connectivity index (χ0n) is 16.2. The van der Waals surface area contributed by atoms with E-state index >= 15 is 0 Å². The van der Waals surface area contributed by atoms with Crippen LogP contribution in [0.1, 0.15) is 25.6 Å². The number of carbonyl (C=O) groups is 2. The summed E-state index contributed by atoms with van der Waals surface area (Å²) in [6.07, 6.45) is 0. The van der Waals surface area contributed by atoms with Crippen molar-refractivity contribution < 1.29 is 9.59 Å². The van der Waals surface area contributed by atoms with Gasteiger partial charge in [-0.3, -0.25) is 9.59 Å². The normalized spacial score (nSPS) is 10.8. The monoisotopic (exact) mass is 486 g/mol. The Morgan fingerprint density at radius 3 is 2.39 bits per heavy atom. The van der Waals surface area contributed by atoms with Crippen LogP contribution < -0.4 is 11.1 Å². The third kappa shape index (κ3) is 4.25. The zero-order chi connectivity index (χ0) is 22.1. The van der Waals surface area contributed by atoms with Crippen molar-refractivity contribution in [2.24, 2.45) is 5.73 Å². The molecule has 4 nitrogen and oxygen atoms in total. The van der Waals surface area contributed by atoms with Gasteiger partial charge in [-0.1, -0.05) is 59.6 Å². The highest BCUT2D eigenvalue weighted by Crippen LogP contribution is 2.40. The van der Waals surface area contributed by atoms with E-state index in [1.165, 1.54) is 22.7 Å². The number of carbonyl (C=O) groups excluding carboxylic acids is 2. The Bertz CT molecular complexity index is 1300. The summed E-state index contributed by atoms with van der Waals surface area (Å²) in [7, 11) is 0. The quantitative estimate of drug-likeness (QED) is 0.315. The summed E-state index contributed by atoms with van der Waals surface area (Å²) in [6.45, 7) is 1.98. The molecule has 0 aliphatic carbocycles. The van der Waals surface area contributed by atoms with Gasteiger partial charge in [0, 0.05) is 42.4 Å². The third-order valence-electron chi connectivity index (χ3n) is 4.77. The molecule has 0 bridgehead atoms. The van der Waals surface area contributed by atoms with Gasteiger partial charge in [0.2, 0.25) is 0 Å². The maximum Gasteiger partial charge on any atom is 0.257 e. The molecule has 0 saturated carbocycles. The van der Waals surface area contributed by atoms with Crippen molar-refractivity contribution in [3.8, 4) is 22.3 Å². The number of primary amides is 1. The summed E-state index contributed by atoms with van der Waals surface area (Å²) in [5, 5.41) is 7.70. The van der Waals surface area contributed by atoms with Gasteiger partial charge in [0.25, 0.3) is 11.8 Å². The minimum atomic E-state index is -0.651. The van der Waals surface area contributed by atoms with Crippen molar-refractivity contribution >= 4 is 62.7 Å². The van der Waals surface area contributed by atoms with Crippen LogP contribution in [0.3, 0.4) is 0 Å². The lowest BCUT2D eigenvalue weighted by Gasteiger charge is -2.09. The number of anilines is 1. The fourth-order valence-electron chi connectivity index (χ4n) is 3.36. The van der Waals surface area contributed by atoms with Crippen LogP contribution in [0.2, 0.25) is 10.0 Å². The molecule has 8 heteroatoms. The fraction of sp³-hybridized carbons (Fsp3) is 0.0435. The van der Waals surface area contributed by atoms with Crippen molar-refractivity contribution in [2.75, 3.05) is 5.32 Å². The average molecular weight is 487 g/mol. The Labute approximate surface area is 197 Å². The molecule has 2 amide bonds. The van der Waals surface area contributed by atoms with Crippen molar-refractivity contribution in [1.29, 1.82) is 0 Å². The Hall–Kier alpha value is -2.64. The highest BCUT2D eigenvalue weighted by Gasteiger charge is 2.23. The van der Waals surface area contributed by atoms with Crippen LogP contribution in [0, 0.1) is 6.92 Å². The molecule has 2 aromatic carbocycles. The first kappa shape index (κ1) is 21.6. The van der Waals surface area contributed by atoms with Crippen LogP contribution in [0.4, 0.5) is 5.00 Å². The standard InChI is InChI=1S/C23H16Cl2N2O2S2/c1-12-19(13-5-3-2-4-6-13)17(11-30-12)22(29)27-23-20(21(26)28)16(10-31-23)15-8-7-14(24)9-18(15)25/h2-11H,1H3,(H2,26,28)(H,27,29). The first-order chi connectivity index (χ1) is 14.9. The van der Waals surface area contributed by atoms with Gasteiger partial charge in [0.1, 0.15) is 5.00 Å². The molecule has 0 atom stereocenters. The van der Waals surface area contributed by atoms with Crippen LogP contribution in [0.25, 0.3) is 22.3 Å². The second kappa shape index (κ2) is 8.85. The fourth-order valence-corrected chi connectivity index (χ4v) is 5.69. The number of benzene rings is 2. The van der Waals surface area contributed by atoms with Gasteiger partial charge in [0.15, 0.2) is 0 Å². The number of halogens is 2. The van der Waals surface area contributed by atoms with Crippen LogP contribution in [0.15, 0.2) is 59.3 Å². The van der Waals surface area contributed by atoms with Gasteiger partial charge in [-0.05, 0) is 24.6 Å². The average Bonchev–Trinajstić information content (AvgIpc) is 3.32. The third-order valence-corrected chi connectivity index (χ3v) is 7.12. The second-order valence-corrected chi connectivity index (χ2v) is 9.55. The minimum absolute atomic E-state index is 0.218. The highest BCUT2D eigenvalue weighted by molar-refractivity contribution is 7.15. The molecular formula is C23H16Cl2N2O2S2. The summed E-state index contributed by atoms with van der Waals surface area (Å²) in [5.74, 6) is -0.955. The molecule has 2 heterocycles. The zero-order valence-corrected chi connectivity index (χ0v) is 19.4. The van der Waals surface area contributed by atoms with Gasteiger partial charge in [-0.15, -0.1) is 22.7 Å². The number of nitrogens with one attached hydrogen (secondary N) is 1. The molecule has 0 fully saturated rings.